The molecule has 6 heteroatoms. The lowest BCUT2D eigenvalue weighted by Crippen LogP contribution is -2.27. The van der Waals surface area contributed by atoms with Crippen molar-refractivity contribution in [3.63, 3.8) is 0 Å². The molecule has 110 valence electrons. The number of thiazole rings is 1. The molecule has 1 atom stereocenters. The number of carbonyl (C=O) groups excluding carboxylic acids is 1. The average Bonchev–Trinajstić information content (AvgIpc) is 3.06. The van der Waals surface area contributed by atoms with Gasteiger partial charge < -0.3 is 4.74 Å². The highest BCUT2D eigenvalue weighted by molar-refractivity contribution is 8.00. The van der Waals surface area contributed by atoms with Gasteiger partial charge in [0.2, 0.25) is 5.91 Å². The van der Waals surface area contributed by atoms with Crippen LogP contribution in [0.5, 0.6) is 5.75 Å². The van der Waals surface area contributed by atoms with Crippen LogP contribution >= 0.6 is 23.1 Å². The lowest BCUT2D eigenvalue weighted by Gasteiger charge is -2.23. The normalized spacial score (nSPS) is 18.3. The number of thioether (sulfide) groups is 1. The molecule has 1 fully saturated rings. The number of nitrogens with zero attached hydrogens (tertiary/aromatic N) is 2. The van der Waals surface area contributed by atoms with Crippen LogP contribution in [0.2, 0.25) is 0 Å². The van der Waals surface area contributed by atoms with E-state index in [9.17, 15) is 4.79 Å². The summed E-state index contributed by atoms with van der Waals surface area (Å²) in [4.78, 5) is 19.5. The van der Waals surface area contributed by atoms with E-state index in [2.05, 4.69) is 4.98 Å². The molecule has 21 heavy (non-hydrogen) atoms. The van der Waals surface area contributed by atoms with Crippen LogP contribution in [-0.2, 0) is 4.79 Å². The van der Waals surface area contributed by atoms with E-state index in [4.69, 9.17) is 4.74 Å². The van der Waals surface area contributed by atoms with Crippen LogP contribution in [0.4, 0.5) is 5.13 Å². The maximum Gasteiger partial charge on any atom is 0.240 e. The van der Waals surface area contributed by atoms with Crippen LogP contribution < -0.4 is 9.64 Å². The lowest BCUT2D eigenvalue weighted by molar-refractivity contribution is -0.115. The Labute approximate surface area is 132 Å². The Morgan fingerprint density at radius 2 is 2.24 bits per heavy atom. The van der Waals surface area contributed by atoms with Gasteiger partial charge in [0.05, 0.1) is 12.4 Å². The number of hydrogen-bond donors (Lipinski definition) is 0. The zero-order chi connectivity index (χ0) is 14.8. The number of anilines is 1. The highest BCUT2D eigenvalue weighted by Crippen LogP contribution is 2.45. The van der Waals surface area contributed by atoms with Crippen LogP contribution in [0.3, 0.4) is 0 Å². The SMILES string of the molecule is CCOc1ccccc1[C@H]1SCC(=O)N1c1ncc(C)s1. The molecule has 0 spiro atoms. The van der Waals surface area contributed by atoms with Crippen molar-refractivity contribution in [2.45, 2.75) is 19.2 Å². The zero-order valence-electron chi connectivity index (χ0n) is 11.9. The van der Waals surface area contributed by atoms with Crippen molar-refractivity contribution in [1.82, 2.24) is 4.98 Å². The Morgan fingerprint density at radius 1 is 1.43 bits per heavy atom. The summed E-state index contributed by atoms with van der Waals surface area (Å²) in [6.45, 7) is 4.57. The fourth-order valence-corrected chi connectivity index (χ4v) is 4.34. The Morgan fingerprint density at radius 3 is 2.95 bits per heavy atom. The summed E-state index contributed by atoms with van der Waals surface area (Å²) in [6, 6.07) is 7.91. The standard InChI is InChI=1S/C15H16N2O2S2/c1-3-19-12-7-5-4-6-11(12)14-17(13(18)9-20-14)15-16-8-10(2)21-15/h4-8,14H,3,9H2,1-2H3/t14-/m1/s1. The first-order valence-electron chi connectivity index (χ1n) is 6.78. The number of para-hydroxylation sites is 1. The minimum absolute atomic E-state index is 0.0641. The summed E-state index contributed by atoms with van der Waals surface area (Å²) < 4.78 is 5.71. The van der Waals surface area contributed by atoms with Crippen LogP contribution in [0.25, 0.3) is 0 Å². The number of hydrogen-bond acceptors (Lipinski definition) is 5. The summed E-state index contributed by atoms with van der Waals surface area (Å²) in [5.41, 5.74) is 1.03. The lowest BCUT2D eigenvalue weighted by atomic mass is 10.2. The predicted octanol–water partition coefficient (Wildman–Crippen LogP) is 3.63. The Kier molecular flexibility index (Phi) is 4.17. The molecule has 0 radical (unpaired) electrons. The first-order valence-corrected chi connectivity index (χ1v) is 8.65. The van der Waals surface area contributed by atoms with Gasteiger partial charge in [0.15, 0.2) is 5.13 Å². The van der Waals surface area contributed by atoms with E-state index < -0.39 is 0 Å². The van der Waals surface area contributed by atoms with Crippen LogP contribution in [0.15, 0.2) is 30.5 Å². The van der Waals surface area contributed by atoms with Crippen LogP contribution in [0.1, 0.15) is 22.7 Å². The quantitative estimate of drug-likeness (QED) is 0.863. The molecule has 0 aliphatic carbocycles. The average molecular weight is 320 g/mol. The molecule has 1 aliphatic rings. The van der Waals surface area contributed by atoms with Crippen molar-refractivity contribution in [2.24, 2.45) is 0 Å². The molecule has 2 heterocycles. The highest BCUT2D eigenvalue weighted by Gasteiger charge is 2.37. The number of benzene rings is 1. The first-order chi connectivity index (χ1) is 10.2. The number of amides is 1. The minimum atomic E-state index is -0.0641. The van der Waals surface area contributed by atoms with Crippen LogP contribution in [0, 0.1) is 6.92 Å². The molecule has 3 rings (SSSR count). The van der Waals surface area contributed by atoms with E-state index in [0.717, 1.165) is 21.3 Å². The van der Waals surface area contributed by atoms with Gasteiger partial charge in [0, 0.05) is 16.6 Å². The van der Waals surface area contributed by atoms with Crippen molar-refractivity contribution < 1.29 is 9.53 Å². The number of ether oxygens (including phenoxy) is 1. The molecule has 1 aliphatic heterocycles. The first kappa shape index (κ1) is 14.4. The van der Waals surface area contributed by atoms with Crippen molar-refractivity contribution in [2.75, 3.05) is 17.3 Å². The number of aryl methyl sites for hydroxylation is 1. The van der Waals surface area contributed by atoms with Gasteiger partial charge in [-0.3, -0.25) is 9.69 Å². The third-order valence-electron chi connectivity index (χ3n) is 3.17. The number of rotatable bonds is 4. The number of aromatic nitrogens is 1. The third kappa shape index (κ3) is 2.78. The largest absolute Gasteiger partial charge is 0.493 e. The van der Waals surface area contributed by atoms with Crippen LogP contribution in [-0.4, -0.2) is 23.3 Å². The molecule has 1 saturated heterocycles. The highest BCUT2D eigenvalue weighted by atomic mass is 32.2. The summed E-state index contributed by atoms with van der Waals surface area (Å²) in [5.74, 6) is 1.42. The second-order valence-corrected chi connectivity index (χ2v) is 6.93. The van der Waals surface area contributed by atoms with Gasteiger partial charge in [-0.1, -0.05) is 18.2 Å². The summed E-state index contributed by atoms with van der Waals surface area (Å²) in [5, 5.41) is 0.699. The fourth-order valence-electron chi connectivity index (χ4n) is 2.29. The van der Waals surface area contributed by atoms with E-state index >= 15 is 0 Å². The van der Waals surface area contributed by atoms with Gasteiger partial charge in [-0.25, -0.2) is 4.98 Å². The Bertz CT molecular complexity index is 657. The second-order valence-electron chi connectivity index (χ2n) is 4.65. The van der Waals surface area contributed by atoms with Crippen molar-refractivity contribution in [3.8, 4) is 5.75 Å². The summed E-state index contributed by atoms with van der Waals surface area (Å²) in [7, 11) is 0. The Balaban J connectivity index is 1.99. The van der Waals surface area contributed by atoms with Gasteiger partial charge in [-0.15, -0.1) is 23.1 Å². The maximum atomic E-state index is 12.3. The molecule has 4 nitrogen and oxygen atoms in total. The van der Waals surface area contributed by atoms with E-state index in [1.54, 1.807) is 28.0 Å². The molecule has 0 saturated carbocycles. The molecule has 0 bridgehead atoms. The predicted molar refractivity (Wildman–Crippen MR) is 87.1 cm³/mol. The molecule has 1 amide bonds. The number of carbonyl (C=O) groups is 1. The van der Waals surface area contributed by atoms with E-state index in [1.807, 2.05) is 44.3 Å². The van der Waals surface area contributed by atoms with Gasteiger partial charge in [0.1, 0.15) is 11.1 Å². The summed E-state index contributed by atoms with van der Waals surface area (Å²) in [6.07, 6.45) is 1.81. The molecular formula is C15H16N2O2S2. The molecular weight excluding hydrogens is 304 g/mol. The molecule has 1 aromatic carbocycles. The maximum absolute atomic E-state index is 12.3. The molecule has 0 N–H and O–H groups in total. The van der Waals surface area contributed by atoms with E-state index in [1.165, 1.54) is 0 Å². The molecule has 1 aromatic heterocycles. The van der Waals surface area contributed by atoms with Crippen molar-refractivity contribution in [3.05, 3.63) is 40.9 Å². The molecule has 2 aromatic rings. The summed E-state index contributed by atoms with van der Waals surface area (Å²) >= 11 is 3.17. The van der Waals surface area contributed by atoms with Gasteiger partial charge in [-0.05, 0) is 19.9 Å². The van der Waals surface area contributed by atoms with Crippen molar-refractivity contribution in [1.29, 1.82) is 0 Å². The van der Waals surface area contributed by atoms with E-state index in [0.29, 0.717) is 12.4 Å². The Hall–Kier alpha value is -1.53. The van der Waals surface area contributed by atoms with Gasteiger partial charge in [-0.2, -0.15) is 0 Å². The third-order valence-corrected chi connectivity index (χ3v) is 5.27. The molecule has 0 unspecified atom stereocenters. The van der Waals surface area contributed by atoms with E-state index in [-0.39, 0.29) is 11.3 Å². The fraction of sp³-hybridized carbons (Fsp3) is 0.333. The van der Waals surface area contributed by atoms with Gasteiger partial charge in [0.25, 0.3) is 0 Å². The monoisotopic (exact) mass is 320 g/mol. The topological polar surface area (TPSA) is 42.4 Å². The zero-order valence-corrected chi connectivity index (χ0v) is 13.5. The minimum Gasteiger partial charge on any atom is -0.493 e. The second kappa shape index (κ2) is 6.07. The van der Waals surface area contributed by atoms with Crippen molar-refractivity contribution >= 4 is 34.1 Å². The van der Waals surface area contributed by atoms with Gasteiger partial charge >= 0.3 is 0 Å². The smallest absolute Gasteiger partial charge is 0.240 e.